The third kappa shape index (κ3) is 2.06. The van der Waals surface area contributed by atoms with E-state index in [1.54, 1.807) is 26.0 Å². The first kappa shape index (κ1) is 11.0. The van der Waals surface area contributed by atoms with Gasteiger partial charge in [-0.1, -0.05) is 0 Å². The van der Waals surface area contributed by atoms with Gasteiger partial charge in [0.2, 0.25) is 0 Å². The SMILES string of the molecule is CSC(=C=O)P1(=O)OC(C)C(C)O1. The molecule has 1 fully saturated rings. The zero-order chi connectivity index (χ0) is 10.1. The molecule has 0 saturated carbocycles. The van der Waals surface area contributed by atoms with Gasteiger partial charge in [0.15, 0.2) is 4.65 Å². The van der Waals surface area contributed by atoms with Gasteiger partial charge in [0.1, 0.15) is 5.94 Å². The van der Waals surface area contributed by atoms with Crippen LogP contribution in [0.1, 0.15) is 13.8 Å². The fourth-order valence-corrected chi connectivity index (χ4v) is 3.75. The van der Waals surface area contributed by atoms with Crippen LogP contribution in [0.3, 0.4) is 0 Å². The Balaban J connectivity index is 2.92. The van der Waals surface area contributed by atoms with Gasteiger partial charge in [0.25, 0.3) is 0 Å². The molecule has 0 amide bonds. The van der Waals surface area contributed by atoms with Crippen LogP contribution in [0.5, 0.6) is 0 Å². The Morgan fingerprint density at radius 3 is 2.15 bits per heavy atom. The van der Waals surface area contributed by atoms with E-state index in [-0.39, 0.29) is 16.9 Å². The molecule has 13 heavy (non-hydrogen) atoms. The zero-order valence-corrected chi connectivity index (χ0v) is 9.35. The van der Waals surface area contributed by atoms with Gasteiger partial charge in [-0.15, -0.1) is 11.8 Å². The lowest BCUT2D eigenvalue weighted by Crippen LogP contribution is -2.13. The van der Waals surface area contributed by atoms with E-state index in [4.69, 9.17) is 9.05 Å². The van der Waals surface area contributed by atoms with Crippen molar-refractivity contribution >= 4 is 25.3 Å². The Morgan fingerprint density at radius 1 is 1.38 bits per heavy atom. The summed E-state index contributed by atoms with van der Waals surface area (Å²) in [5, 5.41) is 0. The van der Waals surface area contributed by atoms with Crippen LogP contribution >= 0.6 is 19.4 Å². The van der Waals surface area contributed by atoms with Gasteiger partial charge in [-0.05, 0) is 20.1 Å². The fraction of sp³-hybridized carbons (Fsp3) is 0.714. The van der Waals surface area contributed by atoms with Gasteiger partial charge in [-0.2, -0.15) is 0 Å². The Labute approximate surface area is 81.2 Å². The molecule has 1 rings (SSSR count). The molecule has 0 aliphatic carbocycles. The lowest BCUT2D eigenvalue weighted by atomic mass is 10.3. The minimum atomic E-state index is -3.34. The van der Waals surface area contributed by atoms with Gasteiger partial charge in [-0.25, -0.2) is 4.79 Å². The van der Waals surface area contributed by atoms with Gasteiger partial charge >= 0.3 is 7.60 Å². The topological polar surface area (TPSA) is 52.6 Å². The van der Waals surface area contributed by atoms with Crippen molar-refractivity contribution in [2.45, 2.75) is 26.1 Å². The van der Waals surface area contributed by atoms with Crippen molar-refractivity contribution in [1.29, 1.82) is 0 Å². The second-order valence-electron chi connectivity index (χ2n) is 2.73. The first-order valence-corrected chi connectivity index (χ1v) is 6.56. The van der Waals surface area contributed by atoms with Crippen molar-refractivity contribution in [3.63, 3.8) is 0 Å². The minimum absolute atomic E-state index is 0.0173. The fourth-order valence-electron chi connectivity index (χ4n) is 0.939. The zero-order valence-electron chi connectivity index (χ0n) is 7.64. The van der Waals surface area contributed by atoms with Crippen LogP contribution in [0, 0.1) is 0 Å². The Bertz CT molecular complexity index is 283. The molecule has 0 N–H and O–H groups in total. The lowest BCUT2D eigenvalue weighted by Gasteiger charge is -2.07. The van der Waals surface area contributed by atoms with E-state index < -0.39 is 7.60 Å². The van der Waals surface area contributed by atoms with Crippen molar-refractivity contribution in [3.05, 3.63) is 4.65 Å². The predicted octanol–water partition coefficient (Wildman–Crippen LogP) is 2.04. The van der Waals surface area contributed by atoms with E-state index in [1.165, 1.54) is 0 Å². The van der Waals surface area contributed by atoms with E-state index in [0.717, 1.165) is 11.8 Å². The molecule has 4 nitrogen and oxygen atoms in total. The molecule has 1 aliphatic rings. The van der Waals surface area contributed by atoms with Gasteiger partial charge in [0, 0.05) is 0 Å². The third-order valence-electron chi connectivity index (χ3n) is 1.80. The molecule has 0 bridgehead atoms. The highest BCUT2D eigenvalue weighted by Crippen LogP contribution is 2.64. The average molecular weight is 222 g/mol. The molecule has 74 valence electrons. The molecular weight excluding hydrogens is 211 g/mol. The molecule has 0 aromatic heterocycles. The highest BCUT2D eigenvalue weighted by atomic mass is 32.2. The second kappa shape index (κ2) is 3.99. The standard InChI is InChI=1S/C7H11O4PS/c1-5-6(2)11-12(9,10-5)7(4-8)13-3/h5-6H,1-3H3. The van der Waals surface area contributed by atoms with Gasteiger partial charge in [-0.3, -0.25) is 13.6 Å². The predicted molar refractivity (Wildman–Crippen MR) is 51.4 cm³/mol. The summed E-state index contributed by atoms with van der Waals surface area (Å²) in [4.78, 5) is 10.4. The molecule has 2 atom stereocenters. The van der Waals surface area contributed by atoms with Crippen LogP contribution in [-0.4, -0.2) is 24.4 Å². The average Bonchev–Trinajstić information content (AvgIpc) is 2.29. The van der Waals surface area contributed by atoms with Crippen LogP contribution in [0.2, 0.25) is 0 Å². The van der Waals surface area contributed by atoms with E-state index in [0.29, 0.717) is 0 Å². The third-order valence-corrected chi connectivity index (χ3v) is 5.30. The lowest BCUT2D eigenvalue weighted by molar-refractivity contribution is 0.187. The van der Waals surface area contributed by atoms with Crippen LogP contribution in [-0.2, 0) is 18.4 Å². The maximum Gasteiger partial charge on any atom is 0.379 e. The van der Waals surface area contributed by atoms with Crippen molar-refractivity contribution in [3.8, 4) is 0 Å². The van der Waals surface area contributed by atoms with Crippen molar-refractivity contribution in [1.82, 2.24) is 0 Å². The summed E-state index contributed by atoms with van der Waals surface area (Å²) in [6.07, 6.45) is 1.14. The molecule has 0 spiro atoms. The molecule has 1 aliphatic heterocycles. The maximum atomic E-state index is 11.8. The van der Waals surface area contributed by atoms with E-state index >= 15 is 0 Å². The first-order chi connectivity index (χ1) is 6.03. The van der Waals surface area contributed by atoms with Gasteiger partial charge < -0.3 is 0 Å². The van der Waals surface area contributed by atoms with Crippen LogP contribution < -0.4 is 0 Å². The summed E-state index contributed by atoms with van der Waals surface area (Å²) in [6, 6.07) is 0. The number of thioether (sulfide) groups is 1. The summed E-state index contributed by atoms with van der Waals surface area (Å²) >= 11 is 1.05. The molecule has 1 heterocycles. The Kier molecular flexibility index (Phi) is 3.38. The van der Waals surface area contributed by atoms with Crippen molar-refractivity contribution in [2.75, 3.05) is 6.26 Å². The normalized spacial score (nSPS) is 38.7. The maximum absolute atomic E-state index is 11.8. The minimum Gasteiger partial charge on any atom is -0.299 e. The van der Waals surface area contributed by atoms with E-state index in [2.05, 4.69) is 0 Å². The monoisotopic (exact) mass is 222 g/mol. The van der Waals surface area contributed by atoms with Crippen LogP contribution in [0.25, 0.3) is 0 Å². The molecule has 1 saturated heterocycles. The smallest absolute Gasteiger partial charge is 0.299 e. The summed E-state index contributed by atoms with van der Waals surface area (Å²) < 4.78 is 22.1. The first-order valence-electron chi connectivity index (χ1n) is 3.80. The number of rotatable bonds is 2. The number of hydrogen-bond donors (Lipinski definition) is 0. The summed E-state index contributed by atoms with van der Waals surface area (Å²) in [5.41, 5.74) is 0. The highest BCUT2D eigenvalue weighted by Gasteiger charge is 2.43. The summed E-state index contributed by atoms with van der Waals surface area (Å²) in [7, 11) is -3.34. The Morgan fingerprint density at radius 2 is 1.85 bits per heavy atom. The second-order valence-corrected chi connectivity index (χ2v) is 5.71. The molecule has 0 aromatic rings. The molecular formula is C7H11O4PS. The van der Waals surface area contributed by atoms with E-state index in [1.807, 2.05) is 0 Å². The van der Waals surface area contributed by atoms with Gasteiger partial charge in [0.05, 0.1) is 12.2 Å². The van der Waals surface area contributed by atoms with E-state index in [9.17, 15) is 9.36 Å². The van der Waals surface area contributed by atoms with Crippen LogP contribution in [0.4, 0.5) is 0 Å². The summed E-state index contributed by atoms with van der Waals surface area (Å²) in [5.74, 6) is 1.59. The quantitative estimate of drug-likeness (QED) is 0.528. The molecule has 0 radical (unpaired) electrons. The summed E-state index contributed by atoms with van der Waals surface area (Å²) in [6.45, 7) is 3.51. The number of hydrogen-bond acceptors (Lipinski definition) is 5. The largest absolute Gasteiger partial charge is 0.379 e. The number of carbonyl (C=O) groups excluding carboxylic acids is 1. The Hall–Kier alpha value is -0.0500. The molecule has 0 aromatic carbocycles. The van der Waals surface area contributed by atoms with Crippen molar-refractivity contribution < 1.29 is 18.4 Å². The molecule has 6 heteroatoms. The van der Waals surface area contributed by atoms with Crippen LogP contribution in [0.15, 0.2) is 4.65 Å². The molecule has 2 unspecified atom stereocenters. The highest BCUT2D eigenvalue weighted by molar-refractivity contribution is 8.09. The van der Waals surface area contributed by atoms with Crippen molar-refractivity contribution in [2.24, 2.45) is 0 Å².